The molecule has 0 saturated carbocycles. The van der Waals surface area contributed by atoms with E-state index in [-0.39, 0.29) is 29.7 Å². The molecule has 0 bridgehead atoms. The summed E-state index contributed by atoms with van der Waals surface area (Å²) < 4.78 is 18.0. The second-order valence-electron chi connectivity index (χ2n) is 5.86. The fourth-order valence-corrected chi connectivity index (χ4v) is 2.48. The van der Waals surface area contributed by atoms with Gasteiger partial charge in [-0.1, -0.05) is 19.1 Å². The average Bonchev–Trinajstić information content (AvgIpc) is 2.49. The second-order valence-corrected chi connectivity index (χ2v) is 5.86. The smallest absolute Gasteiger partial charge is 0.302 e. The Morgan fingerprint density at radius 2 is 1.83 bits per heavy atom. The molecule has 0 fully saturated rings. The van der Waals surface area contributed by atoms with Crippen LogP contribution in [0.15, 0.2) is 24.3 Å². The van der Waals surface area contributed by atoms with Crippen LogP contribution in [0.5, 0.6) is 0 Å². The highest BCUT2D eigenvalue weighted by Crippen LogP contribution is 2.13. The van der Waals surface area contributed by atoms with Crippen LogP contribution in [0.3, 0.4) is 0 Å². The molecule has 1 aromatic carbocycles. The molecule has 0 aliphatic heterocycles. The molecule has 0 saturated heterocycles. The first-order chi connectivity index (χ1) is 10.8. The van der Waals surface area contributed by atoms with Crippen LogP contribution in [0, 0.1) is 11.7 Å². The van der Waals surface area contributed by atoms with Crippen LogP contribution >= 0.6 is 0 Å². The molecule has 0 N–H and O–H groups in total. The molecule has 1 unspecified atom stereocenters. The van der Waals surface area contributed by atoms with Gasteiger partial charge in [-0.05, 0) is 38.0 Å². The van der Waals surface area contributed by atoms with Gasteiger partial charge in [0.1, 0.15) is 11.9 Å². The maximum atomic E-state index is 12.9. The Morgan fingerprint density at radius 1 is 1.22 bits per heavy atom. The van der Waals surface area contributed by atoms with Crippen molar-refractivity contribution in [3.8, 4) is 0 Å². The van der Waals surface area contributed by atoms with Gasteiger partial charge in [0, 0.05) is 32.4 Å². The number of rotatable bonds is 8. The lowest BCUT2D eigenvalue weighted by Gasteiger charge is -2.26. The molecule has 1 amide bonds. The number of carbonyl (C=O) groups is 2. The number of ether oxygens (including phenoxy) is 1. The van der Waals surface area contributed by atoms with E-state index in [1.807, 2.05) is 20.8 Å². The van der Waals surface area contributed by atoms with Crippen LogP contribution in [-0.2, 0) is 20.7 Å². The Morgan fingerprint density at radius 3 is 2.35 bits per heavy atom. The molecule has 0 aliphatic rings. The molecule has 4 nitrogen and oxygen atoms in total. The van der Waals surface area contributed by atoms with Gasteiger partial charge in [0.25, 0.3) is 0 Å². The quantitative estimate of drug-likeness (QED) is 0.690. The van der Waals surface area contributed by atoms with Gasteiger partial charge in [-0.15, -0.1) is 0 Å². The monoisotopic (exact) mass is 323 g/mol. The zero-order chi connectivity index (χ0) is 17.4. The summed E-state index contributed by atoms with van der Waals surface area (Å²) in [6.45, 7) is 8.17. The highest BCUT2D eigenvalue weighted by Gasteiger charge is 2.20. The van der Waals surface area contributed by atoms with Gasteiger partial charge < -0.3 is 9.64 Å². The first-order valence-electron chi connectivity index (χ1n) is 8.04. The number of nitrogens with zero attached hydrogens (tertiary/aromatic N) is 1. The zero-order valence-corrected chi connectivity index (χ0v) is 14.3. The number of halogens is 1. The highest BCUT2D eigenvalue weighted by atomic mass is 19.1. The number of carbonyl (C=O) groups excluding carboxylic acids is 2. The summed E-state index contributed by atoms with van der Waals surface area (Å²) in [5.41, 5.74) is 0.941. The largest absolute Gasteiger partial charge is 0.463 e. The maximum Gasteiger partial charge on any atom is 0.302 e. The summed E-state index contributed by atoms with van der Waals surface area (Å²) in [5, 5.41) is 0. The molecular weight excluding hydrogens is 297 g/mol. The minimum absolute atomic E-state index is 0.0619. The van der Waals surface area contributed by atoms with Crippen molar-refractivity contribution in [3.63, 3.8) is 0 Å². The molecule has 0 aromatic heterocycles. The lowest BCUT2D eigenvalue weighted by molar-refractivity contribution is -0.146. The molecular formula is C18H26FNO3. The van der Waals surface area contributed by atoms with E-state index < -0.39 is 0 Å². The molecule has 2 atom stereocenters. The Kier molecular flexibility index (Phi) is 7.72. The third-order valence-corrected chi connectivity index (χ3v) is 3.74. The van der Waals surface area contributed by atoms with Crippen molar-refractivity contribution in [1.82, 2.24) is 4.90 Å². The van der Waals surface area contributed by atoms with E-state index in [1.165, 1.54) is 19.1 Å². The van der Waals surface area contributed by atoms with E-state index in [2.05, 4.69) is 0 Å². The van der Waals surface area contributed by atoms with Crippen molar-refractivity contribution in [3.05, 3.63) is 35.6 Å². The lowest BCUT2D eigenvalue weighted by atomic mass is 9.99. The van der Waals surface area contributed by atoms with Crippen molar-refractivity contribution in [2.24, 2.45) is 5.92 Å². The summed E-state index contributed by atoms with van der Waals surface area (Å²) in [6.07, 6.45) is 0.985. The molecule has 0 heterocycles. The predicted octanol–water partition coefficient (Wildman–Crippen LogP) is 3.19. The first kappa shape index (κ1) is 19.1. The molecule has 1 aromatic rings. The molecule has 0 aliphatic carbocycles. The summed E-state index contributed by atoms with van der Waals surface area (Å²) in [7, 11) is 0. The van der Waals surface area contributed by atoms with Crippen LogP contribution in [0.25, 0.3) is 0 Å². The topological polar surface area (TPSA) is 46.6 Å². The van der Waals surface area contributed by atoms with Crippen molar-refractivity contribution in [1.29, 1.82) is 0 Å². The number of amides is 1. The van der Waals surface area contributed by atoms with Gasteiger partial charge >= 0.3 is 5.97 Å². The number of benzene rings is 1. The minimum Gasteiger partial charge on any atom is -0.463 e. The number of hydrogen-bond donors (Lipinski definition) is 0. The SMILES string of the molecule is CCN(CCC(C)OC(C)=O)C(=O)[C@@H](C)Cc1ccc(F)cc1. The summed E-state index contributed by atoms with van der Waals surface area (Å²) in [4.78, 5) is 25.2. The molecule has 23 heavy (non-hydrogen) atoms. The molecule has 0 spiro atoms. The number of hydrogen-bond acceptors (Lipinski definition) is 3. The van der Waals surface area contributed by atoms with Gasteiger partial charge in [-0.25, -0.2) is 4.39 Å². The molecule has 1 rings (SSSR count). The standard InChI is InChI=1S/C18H26FNO3/c1-5-20(11-10-14(3)23-15(4)21)18(22)13(2)12-16-6-8-17(19)9-7-16/h6-9,13-14H,5,10-12H2,1-4H3/t13-,14?/m0/s1. The van der Waals surface area contributed by atoms with E-state index in [9.17, 15) is 14.0 Å². The van der Waals surface area contributed by atoms with Crippen molar-refractivity contribution < 1.29 is 18.7 Å². The second kappa shape index (κ2) is 9.28. The van der Waals surface area contributed by atoms with Crippen LogP contribution < -0.4 is 0 Å². The predicted molar refractivity (Wildman–Crippen MR) is 87.4 cm³/mol. The first-order valence-corrected chi connectivity index (χ1v) is 8.04. The minimum atomic E-state index is -0.309. The molecule has 0 radical (unpaired) electrons. The van der Waals surface area contributed by atoms with Crippen LogP contribution in [0.2, 0.25) is 0 Å². The van der Waals surface area contributed by atoms with Crippen molar-refractivity contribution in [2.75, 3.05) is 13.1 Å². The third kappa shape index (κ3) is 6.80. The Bertz CT molecular complexity index is 516. The zero-order valence-electron chi connectivity index (χ0n) is 14.3. The van der Waals surface area contributed by atoms with Gasteiger partial charge in [-0.3, -0.25) is 9.59 Å². The van der Waals surface area contributed by atoms with E-state index in [0.717, 1.165) is 5.56 Å². The Balaban J connectivity index is 2.54. The van der Waals surface area contributed by atoms with Crippen molar-refractivity contribution >= 4 is 11.9 Å². The summed E-state index contributed by atoms with van der Waals surface area (Å²) in [6, 6.07) is 6.23. The van der Waals surface area contributed by atoms with Gasteiger partial charge in [0.15, 0.2) is 0 Å². The van der Waals surface area contributed by atoms with Gasteiger partial charge in [-0.2, -0.15) is 0 Å². The fraction of sp³-hybridized carbons (Fsp3) is 0.556. The van der Waals surface area contributed by atoms with Gasteiger partial charge in [0.2, 0.25) is 5.91 Å². The van der Waals surface area contributed by atoms with E-state index >= 15 is 0 Å². The maximum absolute atomic E-state index is 12.9. The summed E-state index contributed by atoms with van der Waals surface area (Å²) >= 11 is 0. The fourth-order valence-electron chi connectivity index (χ4n) is 2.48. The lowest BCUT2D eigenvalue weighted by Crippen LogP contribution is -2.37. The van der Waals surface area contributed by atoms with Crippen LogP contribution in [-0.4, -0.2) is 36.0 Å². The molecule has 5 heteroatoms. The third-order valence-electron chi connectivity index (χ3n) is 3.74. The normalized spacial score (nSPS) is 13.3. The average molecular weight is 323 g/mol. The molecule has 128 valence electrons. The van der Waals surface area contributed by atoms with Crippen molar-refractivity contribution in [2.45, 2.75) is 46.6 Å². The van der Waals surface area contributed by atoms with E-state index in [1.54, 1.807) is 17.0 Å². The Hall–Kier alpha value is -1.91. The van der Waals surface area contributed by atoms with E-state index in [0.29, 0.717) is 25.9 Å². The van der Waals surface area contributed by atoms with Crippen LogP contribution in [0.4, 0.5) is 4.39 Å². The highest BCUT2D eigenvalue weighted by molar-refractivity contribution is 5.78. The van der Waals surface area contributed by atoms with Crippen LogP contribution in [0.1, 0.15) is 39.7 Å². The van der Waals surface area contributed by atoms with E-state index in [4.69, 9.17) is 4.74 Å². The number of esters is 1. The Labute approximate surface area is 137 Å². The van der Waals surface area contributed by atoms with Gasteiger partial charge in [0.05, 0.1) is 0 Å². The summed E-state index contributed by atoms with van der Waals surface area (Å²) in [5.74, 6) is -0.699.